The minimum Gasteiger partial charge on any atom is -0.383 e. The highest BCUT2D eigenvalue weighted by molar-refractivity contribution is 7.98. The van der Waals surface area contributed by atoms with E-state index in [4.69, 9.17) is 51.9 Å². The quantitative estimate of drug-likeness (QED) is 0.0258. The second kappa shape index (κ2) is 36.5. The number of amides is 6. The van der Waals surface area contributed by atoms with Gasteiger partial charge >= 0.3 is 12.1 Å². The molecule has 0 aliphatic heterocycles. The van der Waals surface area contributed by atoms with Gasteiger partial charge in [-0.15, -0.1) is 0 Å². The minimum atomic E-state index is -0.544. The highest BCUT2D eigenvalue weighted by atomic mass is 35.5. The summed E-state index contributed by atoms with van der Waals surface area (Å²) in [6.07, 6.45) is 20.0. The number of benzene rings is 5. The van der Waals surface area contributed by atoms with Gasteiger partial charge in [0.1, 0.15) is 76.8 Å². The molecule has 18 rings (SSSR count). The van der Waals surface area contributed by atoms with Gasteiger partial charge < -0.3 is 60.6 Å². The number of nitrogens with two attached hydrogens (primary N) is 5. The average Bonchev–Trinajstić information content (AvgIpc) is 1.68. The number of anilines is 11. The molecule has 0 fully saturated rings. The zero-order valence-corrected chi connectivity index (χ0v) is 65.2. The molecular weight excluding hydrogens is 1610 g/mol. The van der Waals surface area contributed by atoms with Crippen molar-refractivity contribution in [1.82, 2.24) is 114 Å². The summed E-state index contributed by atoms with van der Waals surface area (Å²) in [6.45, 7) is 1.97. The molecule has 0 unspecified atom stereocenters. The van der Waals surface area contributed by atoms with Gasteiger partial charge in [0.2, 0.25) is 5.91 Å². The third kappa shape index (κ3) is 19.0. The van der Waals surface area contributed by atoms with Gasteiger partial charge in [0.15, 0.2) is 39.2 Å². The highest BCUT2D eigenvalue weighted by Gasteiger charge is 2.18. The Labute approximate surface area is 689 Å². The zero-order chi connectivity index (χ0) is 83.1. The lowest BCUT2D eigenvalue weighted by Crippen LogP contribution is -2.20. The summed E-state index contributed by atoms with van der Waals surface area (Å²) in [5.41, 5.74) is 39.0. The van der Waals surface area contributed by atoms with Crippen molar-refractivity contribution in [2.24, 2.45) is 0 Å². The molecule has 13 aromatic heterocycles. The molecule has 38 nitrogen and oxygen atoms in total. The lowest BCUT2D eigenvalue weighted by molar-refractivity contribution is -0.116. The van der Waals surface area contributed by atoms with Crippen LogP contribution in [0.15, 0.2) is 230 Å². The Hall–Kier alpha value is -15.9. The maximum absolute atomic E-state index is 13.6. The van der Waals surface area contributed by atoms with E-state index in [0.29, 0.717) is 130 Å². The number of para-hydroxylation sites is 1. The third-order valence-corrected chi connectivity index (χ3v) is 18.5. The minimum absolute atomic E-state index is 0.0142. The topological polar surface area (TPSA) is 527 Å². The Balaban J connectivity index is 0.000000123. The van der Waals surface area contributed by atoms with Crippen LogP contribution in [-0.4, -0.2) is 144 Å². The number of aromatic nitrogens is 23. The number of carbonyl (C=O) groups is 4. The molecule has 43 heteroatoms. The Morgan fingerprint density at radius 1 is 0.429 bits per heavy atom. The fourth-order valence-corrected chi connectivity index (χ4v) is 12.7. The van der Waals surface area contributed by atoms with E-state index in [2.05, 4.69) is 122 Å². The highest BCUT2D eigenvalue weighted by Crippen LogP contribution is 2.28. The smallest absolute Gasteiger partial charge is 0.323 e. The van der Waals surface area contributed by atoms with Crippen molar-refractivity contribution in [2.75, 3.05) is 66.8 Å². The van der Waals surface area contributed by atoms with Crippen LogP contribution >= 0.6 is 46.3 Å². The summed E-state index contributed by atoms with van der Waals surface area (Å²) in [5, 5.41) is 45.7. The van der Waals surface area contributed by atoms with Crippen molar-refractivity contribution in [3.63, 3.8) is 0 Å². The number of urea groups is 2. The van der Waals surface area contributed by atoms with Crippen molar-refractivity contribution in [2.45, 2.75) is 24.9 Å². The molecule has 0 aliphatic rings. The van der Waals surface area contributed by atoms with Gasteiger partial charge in [-0.1, -0.05) is 54.0 Å². The van der Waals surface area contributed by atoms with E-state index in [0.717, 1.165) is 34.9 Å². The van der Waals surface area contributed by atoms with Gasteiger partial charge in [0, 0.05) is 52.5 Å². The lowest BCUT2D eigenvalue weighted by Gasteiger charge is -2.09. The van der Waals surface area contributed by atoms with E-state index in [1.807, 2.05) is 72.5 Å². The number of fused-ring (bicyclic) bond motifs is 5. The predicted octanol–water partition coefficient (Wildman–Crippen LogP) is 12.7. The van der Waals surface area contributed by atoms with Crippen molar-refractivity contribution in [3.05, 3.63) is 247 Å². The fraction of sp³-hybridized carbons (Fsp3) is 0.0526. The van der Waals surface area contributed by atoms with Crippen LogP contribution in [0.1, 0.15) is 30.1 Å². The normalized spacial score (nSPS) is 10.8. The van der Waals surface area contributed by atoms with E-state index in [9.17, 15) is 23.6 Å². The standard InChI is InChI=1S/C18H14FN7O.C17H12Cl2N8O.C16H12N6OS.C15H16N6O.C10H9N7S/c19-14-3-1-2-4-15(14)25-18(27)24-11-5-7-12(8-6-11)26-17-13(9-23-26)16(20)21-10-22-17;18-13-5-10(6-14(19)26-13)25-17(28)24-9-1-3-11(4-2-9)27-16-12(7-23-27)15(20)21-8-22-16;17-14-13-7-20-22(15(13)19-9-18-14)12-3-1-11(2-4-12)21-16(23)10-5-6-24-8-10;1-2-3-13(22)20-10-4-6-11(7-5-10)21-15-12(8-19-21)14(16)17-9-18-15;1-18-10-12-3-2-7(16-10)17-9-6(4-15-17)8(11)13-5-14-9/h1-10H,(H2,20,21,22)(H2,24,25,27);1-8H,(H2,20,21,22)(H2,24,25,26,28);1-9H,(H,21,23)(H2,17,18,19);4-9H,2-3H2,1H3,(H,20,22)(H2,16,17,18);2-5H,1H3,(H2,11,13,14). The Morgan fingerprint density at radius 3 is 1.18 bits per heavy atom. The average molecular weight is 1670 g/mol. The summed E-state index contributed by atoms with van der Waals surface area (Å²) in [5.74, 6) is 1.96. The first-order chi connectivity index (χ1) is 57.8. The number of thiophene rings is 1. The molecule has 594 valence electrons. The molecule has 6 amide bonds. The maximum atomic E-state index is 13.6. The largest absolute Gasteiger partial charge is 0.383 e. The summed E-state index contributed by atoms with van der Waals surface area (Å²) in [4.78, 5) is 101. The van der Waals surface area contributed by atoms with Crippen LogP contribution in [0.25, 0.3) is 83.7 Å². The first-order valence-corrected chi connectivity index (χ1v) is 38.1. The summed E-state index contributed by atoms with van der Waals surface area (Å²) in [6, 6.07) is 40.2. The molecule has 13 heterocycles. The second-order valence-corrected chi connectivity index (χ2v) is 27.1. The number of pyridine rings is 1. The van der Waals surface area contributed by atoms with E-state index < -0.39 is 17.9 Å². The molecule has 119 heavy (non-hydrogen) atoms. The SMILES string of the molecule is CCCC(=O)Nc1ccc(-n2ncc3c(N)ncnc32)cc1.CSc1nccc(-n2ncc3c(N)ncnc32)n1.Nc1ncnc2c1cnn2-c1ccc(NC(=O)Nc2cc(Cl)nc(Cl)c2)cc1.Nc1ncnc2c1cnn2-c1ccc(NC(=O)Nc2ccccc2F)cc1.Nc1ncnc2c1cnn2-c1ccc(NC(=O)c2ccsc2)cc1. The van der Waals surface area contributed by atoms with Crippen LogP contribution in [0.2, 0.25) is 10.3 Å². The monoisotopic (exact) mass is 1670 g/mol. The Bertz CT molecular complexity index is 6660. The molecule has 5 aromatic carbocycles. The summed E-state index contributed by atoms with van der Waals surface area (Å²) >= 11 is 14.6. The third-order valence-electron chi connectivity index (χ3n) is 16.9. The van der Waals surface area contributed by atoms with Crippen LogP contribution in [0.4, 0.5) is 77.2 Å². The van der Waals surface area contributed by atoms with Crippen molar-refractivity contribution in [3.8, 4) is 28.6 Å². The number of thioether (sulfide) groups is 1. The summed E-state index contributed by atoms with van der Waals surface area (Å²) < 4.78 is 21.8. The summed E-state index contributed by atoms with van der Waals surface area (Å²) in [7, 11) is 0. The molecule has 0 bridgehead atoms. The van der Waals surface area contributed by atoms with Crippen LogP contribution in [0.3, 0.4) is 0 Å². The second-order valence-electron chi connectivity index (χ2n) is 24.8. The Morgan fingerprint density at radius 2 is 0.798 bits per heavy atom. The molecule has 0 atom stereocenters. The molecule has 0 saturated carbocycles. The van der Waals surface area contributed by atoms with Crippen LogP contribution in [-0.2, 0) is 4.79 Å². The van der Waals surface area contributed by atoms with Gasteiger partial charge in [-0.25, -0.2) is 97.5 Å². The van der Waals surface area contributed by atoms with Gasteiger partial charge in [-0.2, -0.15) is 41.5 Å². The van der Waals surface area contributed by atoms with E-state index >= 15 is 0 Å². The van der Waals surface area contributed by atoms with Crippen molar-refractivity contribution in [1.29, 1.82) is 0 Å². The van der Waals surface area contributed by atoms with Crippen LogP contribution in [0, 0.1) is 5.82 Å². The number of hydrogen-bond donors (Lipinski definition) is 11. The molecule has 0 aliphatic carbocycles. The predicted molar refractivity (Wildman–Crippen MR) is 454 cm³/mol. The molecule has 16 N–H and O–H groups in total. The van der Waals surface area contributed by atoms with Crippen LogP contribution in [0.5, 0.6) is 0 Å². The number of rotatable bonds is 15. The maximum Gasteiger partial charge on any atom is 0.323 e. The Kier molecular flexibility index (Phi) is 24.5. The van der Waals surface area contributed by atoms with E-state index in [1.54, 1.807) is 133 Å². The molecule has 18 aromatic rings. The van der Waals surface area contributed by atoms with Gasteiger partial charge in [0.05, 0.1) is 91.9 Å². The van der Waals surface area contributed by atoms with Gasteiger partial charge in [0.25, 0.3) is 5.91 Å². The molecule has 0 spiro atoms. The fourth-order valence-electron chi connectivity index (χ4n) is 11.3. The molecular formula is C76H63Cl2FN34O4S2. The van der Waals surface area contributed by atoms with E-state index in [1.165, 1.54) is 79.0 Å². The number of nitrogens with one attached hydrogen (secondary N) is 6. The van der Waals surface area contributed by atoms with Crippen molar-refractivity contribution < 1.29 is 23.6 Å². The number of nitrogen functional groups attached to an aromatic ring is 5. The van der Waals surface area contributed by atoms with Crippen molar-refractivity contribution >= 4 is 189 Å². The van der Waals surface area contributed by atoms with Gasteiger partial charge in [-0.3, -0.25) is 9.59 Å². The first kappa shape index (κ1) is 79.8. The zero-order valence-electron chi connectivity index (χ0n) is 62.0. The number of hydrogen-bond acceptors (Lipinski definition) is 29. The van der Waals surface area contributed by atoms with Gasteiger partial charge in [-0.05, 0) is 145 Å². The number of halogens is 3. The number of carbonyl (C=O) groups excluding carboxylic acids is 4. The van der Waals surface area contributed by atoms with E-state index in [-0.39, 0.29) is 27.8 Å². The van der Waals surface area contributed by atoms with Crippen LogP contribution < -0.4 is 60.6 Å². The first-order valence-electron chi connectivity index (χ1n) is 35.2. The molecule has 0 radical (unpaired) electrons. The molecule has 0 saturated heterocycles. The lowest BCUT2D eigenvalue weighted by atomic mass is 10.2. The number of nitrogens with zero attached hydrogens (tertiary/aromatic N) is 23.